The van der Waals surface area contributed by atoms with Crippen molar-refractivity contribution in [3.05, 3.63) is 76.1 Å². The average molecular weight is 408 g/mol. The fourth-order valence-corrected chi connectivity index (χ4v) is 4.12. The van der Waals surface area contributed by atoms with Gasteiger partial charge in [-0.15, -0.1) is 0 Å². The smallest absolute Gasteiger partial charge is 0.271 e. The molecule has 2 heterocycles. The van der Waals surface area contributed by atoms with Crippen molar-refractivity contribution in [2.75, 3.05) is 6.54 Å². The molecule has 2 aromatic carbocycles. The van der Waals surface area contributed by atoms with Crippen LogP contribution >= 0.6 is 11.6 Å². The number of nitrogens with one attached hydrogen (secondary N) is 1. The molecule has 4 rings (SSSR count). The summed E-state index contributed by atoms with van der Waals surface area (Å²) in [4.78, 5) is 17.8. The van der Waals surface area contributed by atoms with Crippen LogP contribution in [-0.4, -0.2) is 22.0 Å². The fraction of sp³-hybridized carbons (Fsp3) is 0.333. The highest BCUT2D eigenvalue weighted by molar-refractivity contribution is 6.30. The Bertz CT molecular complexity index is 1010. The van der Waals surface area contributed by atoms with Crippen LogP contribution in [0.4, 0.5) is 0 Å². The van der Waals surface area contributed by atoms with E-state index in [0.717, 1.165) is 49.3 Å². The number of nitrogens with zero attached hydrogens (tertiary/aromatic N) is 2. The second-order valence-electron chi connectivity index (χ2n) is 7.69. The summed E-state index contributed by atoms with van der Waals surface area (Å²) in [5.41, 5.74) is 5.09. The summed E-state index contributed by atoms with van der Waals surface area (Å²) < 4.78 is 2.23. The Kier molecular flexibility index (Phi) is 6.00. The second kappa shape index (κ2) is 8.83. The third kappa shape index (κ3) is 4.54. The maximum absolute atomic E-state index is 13.0. The van der Waals surface area contributed by atoms with Gasteiger partial charge in [-0.3, -0.25) is 4.79 Å². The predicted octanol–water partition coefficient (Wildman–Crippen LogP) is 5.21. The number of imidazole rings is 1. The molecule has 0 unspecified atom stereocenters. The van der Waals surface area contributed by atoms with E-state index in [9.17, 15) is 4.79 Å². The Labute approximate surface area is 176 Å². The molecule has 0 saturated carbocycles. The van der Waals surface area contributed by atoms with Gasteiger partial charge in [-0.25, -0.2) is 4.98 Å². The molecule has 0 bridgehead atoms. The molecular weight excluding hydrogens is 382 g/mol. The third-order valence-corrected chi connectivity index (χ3v) is 5.72. The van der Waals surface area contributed by atoms with Crippen molar-refractivity contribution in [2.24, 2.45) is 0 Å². The number of carbonyl (C=O) groups excluding carboxylic acids is 1. The van der Waals surface area contributed by atoms with E-state index >= 15 is 0 Å². The molecule has 0 aliphatic carbocycles. The number of hydrogen-bond donors (Lipinski definition) is 1. The number of halogens is 1. The van der Waals surface area contributed by atoms with E-state index in [4.69, 9.17) is 16.6 Å². The van der Waals surface area contributed by atoms with Gasteiger partial charge in [0.2, 0.25) is 0 Å². The summed E-state index contributed by atoms with van der Waals surface area (Å²) in [5.74, 6) is 0.783. The lowest BCUT2D eigenvalue weighted by molar-refractivity contribution is 0.0948. The van der Waals surface area contributed by atoms with Gasteiger partial charge in [0.05, 0.1) is 5.69 Å². The van der Waals surface area contributed by atoms with Crippen LogP contribution < -0.4 is 5.32 Å². The zero-order valence-electron chi connectivity index (χ0n) is 16.7. The molecule has 0 atom stereocenters. The van der Waals surface area contributed by atoms with Gasteiger partial charge < -0.3 is 9.88 Å². The van der Waals surface area contributed by atoms with Crippen molar-refractivity contribution in [3.63, 3.8) is 0 Å². The van der Waals surface area contributed by atoms with E-state index in [-0.39, 0.29) is 5.91 Å². The van der Waals surface area contributed by atoms with Gasteiger partial charge in [-0.2, -0.15) is 0 Å². The Balaban J connectivity index is 1.56. The molecule has 3 aromatic rings. The number of aromatic nitrogens is 2. The van der Waals surface area contributed by atoms with Gasteiger partial charge in [0, 0.05) is 23.7 Å². The lowest BCUT2D eigenvalue weighted by Gasteiger charge is -2.09. The standard InChI is InChI=1S/C24H26ClN3O/c1-17-6-5-7-18(16-17)13-14-26-24(29)22-21-8-3-2-4-15-28(21)23(27-22)19-9-11-20(25)12-10-19/h5-7,9-12,16H,2-4,8,13-15H2,1H3,(H,26,29). The monoisotopic (exact) mass is 407 g/mol. The normalized spacial score (nSPS) is 13.6. The van der Waals surface area contributed by atoms with Crippen LogP contribution in [-0.2, 0) is 19.4 Å². The van der Waals surface area contributed by atoms with E-state index in [0.29, 0.717) is 17.3 Å². The summed E-state index contributed by atoms with van der Waals surface area (Å²) in [6.07, 6.45) is 5.08. The summed E-state index contributed by atoms with van der Waals surface area (Å²) in [6, 6.07) is 16.1. The van der Waals surface area contributed by atoms with Crippen LogP contribution in [0.1, 0.15) is 46.6 Å². The molecule has 1 aliphatic rings. The molecule has 0 saturated heterocycles. The largest absolute Gasteiger partial charge is 0.350 e. The van der Waals surface area contributed by atoms with Crippen LogP contribution in [0.5, 0.6) is 0 Å². The number of carbonyl (C=O) groups is 1. The quantitative estimate of drug-likeness (QED) is 0.631. The third-order valence-electron chi connectivity index (χ3n) is 5.47. The maximum Gasteiger partial charge on any atom is 0.271 e. The highest BCUT2D eigenvalue weighted by Gasteiger charge is 2.24. The van der Waals surface area contributed by atoms with Crippen LogP contribution in [0.3, 0.4) is 0 Å². The molecule has 1 aromatic heterocycles. The van der Waals surface area contributed by atoms with Gasteiger partial charge in [0.25, 0.3) is 5.91 Å². The zero-order valence-corrected chi connectivity index (χ0v) is 17.5. The second-order valence-corrected chi connectivity index (χ2v) is 8.13. The predicted molar refractivity (Wildman–Crippen MR) is 117 cm³/mol. The minimum Gasteiger partial charge on any atom is -0.350 e. The Morgan fingerprint density at radius 3 is 2.76 bits per heavy atom. The van der Waals surface area contributed by atoms with Crippen LogP contribution in [0.15, 0.2) is 48.5 Å². The first-order valence-electron chi connectivity index (χ1n) is 10.3. The number of rotatable bonds is 5. The summed E-state index contributed by atoms with van der Waals surface area (Å²) in [7, 11) is 0. The molecular formula is C24H26ClN3O. The summed E-state index contributed by atoms with van der Waals surface area (Å²) in [6.45, 7) is 3.59. The van der Waals surface area contributed by atoms with E-state index in [1.54, 1.807) is 0 Å². The molecule has 29 heavy (non-hydrogen) atoms. The number of hydrogen-bond acceptors (Lipinski definition) is 2. The molecule has 0 fully saturated rings. The molecule has 0 spiro atoms. The fourth-order valence-electron chi connectivity index (χ4n) is 3.99. The molecule has 0 radical (unpaired) electrons. The average Bonchev–Trinajstić information content (AvgIpc) is 2.90. The van der Waals surface area contributed by atoms with Crippen molar-refractivity contribution in [1.29, 1.82) is 0 Å². The van der Waals surface area contributed by atoms with Gasteiger partial charge in [-0.1, -0.05) is 47.9 Å². The zero-order chi connectivity index (χ0) is 20.2. The minimum atomic E-state index is -0.0801. The van der Waals surface area contributed by atoms with Gasteiger partial charge >= 0.3 is 0 Å². The van der Waals surface area contributed by atoms with E-state index in [1.165, 1.54) is 17.5 Å². The lowest BCUT2D eigenvalue weighted by atomic mass is 10.1. The molecule has 1 aliphatic heterocycles. The molecule has 4 nitrogen and oxygen atoms in total. The molecule has 1 N–H and O–H groups in total. The van der Waals surface area contributed by atoms with Crippen LogP contribution in [0.2, 0.25) is 5.02 Å². The highest BCUT2D eigenvalue weighted by atomic mass is 35.5. The Morgan fingerprint density at radius 1 is 1.14 bits per heavy atom. The molecule has 150 valence electrons. The number of fused-ring (bicyclic) bond motifs is 1. The Hall–Kier alpha value is -2.59. The maximum atomic E-state index is 13.0. The summed E-state index contributed by atoms with van der Waals surface area (Å²) >= 11 is 6.05. The van der Waals surface area contributed by atoms with Crippen LogP contribution in [0.25, 0.3) is 11.4 Å². The first-order chi connectivity index (χ1) is 14.1. The highest BCUT2D eigenvalue weighted by Crippen LogP contribution is 2.28. The van der Waals surface area contributed by atoms with Crippen LogP contribution in [0, 0.1) is 6.92 Å². The van der Waals surface area contributed by atoms with Gasteiger partial charge in [0.15, 0.2) is 0 Å². The first-order valence-corrected chi connectivity index (χ1v) is 10.7. The number of aryl methyl sites for hydroxylation is 1. The van der Waals surface area contributed by atoms with Gasteiger partial charge in [0.1, 0.15) is 11.5 Å². The van der Waals surface area contributed by atoms with E-state index in [2.05, 4.69) is 41.1 Å². The van der Waals surface area contributed by atoms with Crippen molar-refractivity contribution in [1.82, 2.24) is 14.9 Å². The SMILES string of the molecule is Cc1cccc(CCNC(=O)c2nc(-c3ccc(Cl)cc3)n3c2CCCCC3)c1. The minimum absolute atomic E-state index is 0.0801. The van der Waals surface area contributed by atoms with Crippen molar-refractivity contribution < 1.29 is 4.79 Å². The van der Waals surface area contributed by atoms with Crippen molar-refractivity contribution in [3.8, 4) is 11.4 Å². The Morgan fingerprint density at radius 2 is 1.97 bits per heavy atom. The van der Waals surface area contributed by atoms with E-state index in [1.807, 2.05) is 24.3 Å². The van der Waals surface area contributed by atoms with Gasteiger partial charge in [-0.05, 0) is 62.4 Å². The van der Waals surface area contributed by atoms with Crippen molar-refractivity contribution >= 4 is 17.5 Å². The van der Waals surface area contributed by atoms with E-state index < -0.39 is 0 Å². The number of amides is 1. The first kappa shape index (κ1) is 19.7. The number of benzene rings is 2. The van der Waals surface area contributed by atoms with Crippen molar-refractivity contribution in [2.45, 2.75) is 45.6 Å². The molecule has 1 amide bonds. The lowest BCUT2D eigenvalue weighted by Crippen LogP contribution is -2.27. The molecule has 5 heteroatoms. The summed E-state index contributed by atoms with van der Waals surface area (Å²) in [5, 5.41) is 3.78. The topological polar surface area (TPSA) is 46.9 Å².